The molecule has 2 aromatic carbocycles. The molecule has 0 saturated heterocycles. The number of carbonyl (C=O) groups is 8. The number of fused-ring (bicyclic) bond motifs is 2. The second-order valence-electron chi connectivity index (χ2n) is 18.1. The van der Waals surface area contributed by atoms with Crippen LogP contribution in [-0.2, 0) is 41.9 Å². The minimum Gasteiger partial charge on any atom is -0.480 e. The van der Waals surface area contributed by atoms with Crippen LogP contribution in [0.25, 0.3) is 22.3 Å². The van der Waals surface area contributed by atoms with E-state index in [1.807, 2.05) is 0 Å². The quantitative estimate of drug-likeness (QED) is 0.0236. The number of Topliss-reactive ketones (excluding diaryl/α,β-unsaturated/α-hetero) is 1. The number of ketones is 1. The van der Waals surface area contributed by atoms with Crippen molar-refractivity contribution < 1.29 is 48.6 Å². The van der Waals surface area contributed by atoms with E-state index in [4.69, 9.17) is 11.5 Å². The molecule has 6 aromatic rings. The lowest BCUT2D eigenvalue weighted by Gasteiger charge is -2.16. The van der Waals surface area contributed by atoms with Crippen molar-refractivity contribution in [1.29, 1.82) is 0 Å². The van der Waals surface area contributed by atoms with Crippen molar-refractivity contribution in [1.82, 2.24) is 71.4 Å². The molecule has 2 unspecified atom stereocenters. The second kappa shape index (κ2) is 28.9. The molecule has 2 atom stereocenters. The fourth-order valence-corrected chi connectivity index (χ4v) is 7.56. The Balaban J connectivity index is 0.767. The predicted octanol–water partition coefficient (Wildman–Crippen LogP) is -0.835. The van der Waals surface area contributed by atoms with Crippen LogP contribution in [0.3, 0.4) is 0 Å². The molecule has 0 aliphatic carbocycles. The van der Waals surface area contributed by atoms with Crippen LogP contribution in [0.15, 0.2) is 70.5 Å². The number of nitrogens with one attached hydrogen (secondary N) is 9. The van der Waals surface area contributed by atoms with Crippen molar-refractivity contribution in [3.05, 3.63) is 104 Å². The third-order valence-corrected chi connectivity index (χ3v) is 12.0. The van der Waals surface area contributed by atoms with Crippen LogP contribution in [-0.4, -0.2) is 154 Å². The summed E-state index contributed by atoms with van der Waals surface area (Å²) in [6.07, 6.45) is 2.80. The number of carbonyl (C=O) groups excluding carboxylic acids is 6. The van der Waals surface area contributed by atoms with Gasteiger partial charge in [0.2, 0.25) is 29.6 Å². The molecule has 0 bridgehead atoms. The third kappa shape index (κ3) is 18.6. The van der Waals surface area contributed by atoms with Crippen LogP contribution in [0, 0.1) is 0 Å². The Bertz CT molecular complexity index is 3120. The van der Waals surface area contributed by atoms with E-state index in [1.165, 1.54) is 36.7 Å². The van der Waals surface area contributed by atoms with E-state index in [9.17, 15) is 58.2 Å². The lowest BCUT2D eigenvalue weighted by atomic mass is 10.1. The zero-order chi connectivity index (χ0) is 57.7. The first kappa shape index (κ1) is 59.2. The van der Waals surface area contributed by atoms with Gasteiger partial charge in [-0.2, -0.15) is 9.97 Å². The monoisotopic (exact) mass is 1100 g/mol. The summed E-state index contributed by atoms with van der Waals surface area (Å²) in [5.74, 6) is -5.41. The number of anilines is 4. The molecule has 30 nitrogen and oxygen atoms in total. The van der Waals surface area contributed by atoms with Gasteiger partial charge in [-0.3, -0.25) is 48.3 Å². The van der Waals surface area contributed by atoms with Gasteiger partial charge in [-0.15, -0.1) is 0 Å². The molecule has 5 amide bonds. The highest BCUT2D eigenvalue weighted by molar-refractivity contribution is 5.98. The van der Waals surface area contributed by atoms with Gasteiger partial charge in [0.15, 0.2) is 22.3 Å². The number of hydrogen-bond donors (Lipinski definition) is 13. The average molecular weight is 1110 g/mol. The first-order chi connectivity index (χ1) is 38.3. The number of rotatable bonds is 31. The second-order valence-corrected chi connectivity index (χ2v) is 18.1. The summed E-state index contributed by atoms with van der Waals surface area (Å²) in [6.45, 7) is 1.46. The van der Waals surface area contributed by atoms with Gasteiger partial charge in [0.25, 0.3) is 22.9 Å². The van der Waals surface area contributed by atoms with Crippen LogP contribution in [0.5, 0.6) is 0 Å². The number of nitrogen functional groups attached to an aromatic ring is 2. The molecule has 0 fully saturated rings. The molecular weight excluding hydrogens is 1040 g/mol. The summed E-state index contributed by atoms with van der Waals surface area (Å²) in [7, 11) is 1.74. The third-order valence-electron chi connectivity index (χ3n) is 12.0. The predicted molar refractivity (Wildman–Crippen MR) is 289 cm³/mol. The maximum Gasteiger partial charge on any atom is 0.326 e. The van der Waals surface area contributed by atoms with E-state index in [1.54, 1.807) is 36.2 Å². The number of carboxylic acid groups (broad SMARTS) is 2. The zero-order valence-electron chi connectivity index (χ0n) is 43.3. The highest BCUT2D eigenvalue weighted by Gasteiger charge is 2.24. The first-order valence-corrected chi connectivity index (χ1v) is 25.1. The molecule has 0 spiro atoms. The smallest absolute Gasteiger partial charge is 0.326 e. The van der Waals surface area contributed by atoms with Crippen molar-refractivity contribution in [2.75, 3.05) is 61.9 Å². The fourth-order valence-electron chi connectivity index (χ4n) is 7.56. The van der Waals surface area contributed by atoms with E-state index in [2.05, 4.69) is 77.1 Å². The van der Waals surface area contributed by atoms with Gasteiger partial charge < -0.3 is 63.8 Å². The van der Waals surface area contributed by atoms with E-state index in [-0.39, 0.29) is 141 Å². The molecule has 0 aliphatic heterocycles. The standard InChI is InChI=1S/C50H60N18O12/c1-68(21-16-37(71)53-18-2-3-33(69)12-13-34(47(77)78)62-43(73)27-4-8-29(9-5-27)56-23-31-25-58-39-41(60-31)64-49(51)66-45(39)75)22-17-38(72)55-20-19-54-36(70)15-14-35(48(79)80)63-44(74)28-6-10-30(11-7-28)57-24-32-26-59-40-42(61-32)65-50(52)67-46(40)76/h4-11,25-26,34-35,56-57H,2-3,12-24H2,1H3,(H,53,71)(H,54,70)(H,55,72)(H,62,73)(H,63,74)(H,77,78)(H,79,80)(H3,51,60,64,66,75)(H3,52,61,65,67,76). The number of aliphatic carboxylic acids is 2. The van der Waals surface area contributed by atoms with Gasteiger partial charge in [-0.1, -0.05) is 0 Å². The summed E-state index contributed by atoms with van der Waals surface area (Å²) < 4.78 is 0. The number of aromatic amines is 2. The van der Waals surface area contributed by atoms with Crippen LogP contribution in [0.4, 0.5) is 23.3 Å². The number of nitrogens with two attached hydrogens (primary N) is 2. The van der Waals surface area contributed by atoms with Crippen LogP contribution < -0.4 is 59.8 Å². The van der Waals surface area contributed by atoms with Crippen molar-refractivity contribution in [2.45, 2.75) is 76.5 Å². The van der Waals surface area contributed by atoms with Crippen molar-refractivity contribution >= 4 is 92.9 Å². The van der Waals surface area contributed by atoms with Gasteiger partial charge in [0.1, 0.15) is 17.9 Å². The van der Waals surface area contributed by atoms with E-state index >= 15 is 0 Å². The summed E-state index contributed by atoms with van der Waals surface area (Å²) in [5.41, 5.74) is 12.9. The van der Waals surface area contributed by atoms with E-state index in [0.717, 1.165) is 0 Å². The lowest BCUT2D eigenvalue weighted by Crippen LogP contribution is -2.42. The Hall–Kier alpha value is -10.0. The number of H-pyrrole nitrogens is 2. The largest absolute Gasteiger partial charge is 0.480 e. The minimum atomic E-state index is -1.36. The molecule has 80 heavy (non-hydrogen) atoms. The molecule has 30 heteroatoms. The topological polar surface area (TPSA) is 460 Å². The van der Waals surface area contributed by atoms with Gasteiger partial charge in [0.05, 0.1) is 36.9 Å². The normalized spacial score (nSPS) is 11.8. The van der Waals surface area contributed by atoms with Crippen LogP contribution in [0.1, 0.15) is 83.5 Å². The maximum absolute atomic E-state index is 12.9. The molecule has 422 valence electrons. The summed E-state index contributed by atoms with van der Waals surface area (Å²) in [5, 5.41) is 38.5. The zero-order valence-corrected chi connectivity index (χ0v) is 43.3. The molecule has 6 rings (SSSR count). The van der Waals surface area contributed by atoms with Crippen LogP contribution in [0.2, 0.25) is 0 Å². The first-order valence-electron chi connectivity index (χ1n) is 25.1. The fraction of sp³-hybridized carbons (Fsp3) is 0.360. The Morgan fingerprint density at radius 1 is 0.562 bits per heavy atom. The number of hydrogen-bond acceptors (Lipinski definition) is 21. The molecular formula is C50H60N18O12. The van der Waals surface area contributed by atoms with Gasteiger partial charge in [0, 0.05) is 87.3 Å². The van der Waals surface area contributed by atoms with E-state index < -0.39 is 52.9 Å². The Kier molecular flexibility index (Phi) is 21.4. The molecule has 4 aromatic heterocycles. The molecule has 0 aliphatic rings. The summed E-state index contributed by atoms with van der Waals surface area (Å²) in [4.78, 5) is 155. The van der Waals surface area contributed by atoms with Gasteiger partial charge in [-0.25, -0.2) is 29.5 Å². The van der Waals surface area contributed by atoms with Crippen molar-refractivity contribution in [3.63, 3.8) is 0 Å². The lowest BCUT2D eigenvalue weighted by molar-refractivity contribution is -0.140. The number of amides is 5. The molecule has 0 saturated carbocycles. The highest BCUT2D eigenvalue weighted by Crippen LogP contribution is 2.15. The number of nitrogens with zero attached hydrogens (tertiary/aromatic N) is 7. The molecule has 15 N–H and O–H groups in total. The van der Waals surface area contributed by atoms with Gasteiger partial charge >= 0.3 is 11.9 Å². The van der Waals surface area contributed by atoms with E-state index in [0.29, 0.717) is 42.3 Å². The number of benzene rings is 2. The van der Waals surface area contributed by atoms with Gasteiger partial charge in [-0.05, 0) is 74.8 Å². The maximum atomic E-state index is 12.9. The van der Waals surface area contributed by atoms with Crippen LogP contribution >= 0.6 is 0 Å². The molecule has 4 heterocycles. The number of carboxylic acids is 2. The Morgan fingerprint density at radius 2 is 0.975 bits per heavy atom. The van der Waals surface area contributed by atoms with Crippen molar-refractivity contribution in [3.8, 4) is 0 Å². The highest BCUT2D eigenvalue weighted by atomic mass is 16.4. The Labute approximate surface area is 454 Å². The SMILES string of the molecule is CN(CCC(=O)NCCCC(=O)CCC(NC(=O)c1ccc(NCc2cnc3c(=O)[nH]c(N)nc3n2)cc1)C(=O)O)CCC(=O)NCCNC(=O)CCC(NC(=O)c1ccc(NCc2cnc3c(=O)[nH]c(N)nc3n2)cc1)C(=O)O. The van der Waals surface area contributed by atoms with Crippen molar-refractivity contribution in [2.24, 2.45) is 0 Å². The summed E-state index contributed by atoms with van der Waals surface area (Å²) >= 11 is 0. The summed E-state index contributed by atoms with van der Waals surface area (Å²) in [6, 6.07) is 9.71. The molecule has 0 radical (unpaired) electrons. The Morgan fingerprint density at radius 3 is 1.41 bits per heavy atom. The average Bonchev–Trinajstić information content (AvgIpc) is 3.47. The minimum absolute atomic E-state index is 0.0409. The number of aromatic nitrogens is 8.